The maximum Gasteiger partial charge on any atom is 0.282 e. The molecule has 5 aromatic rings. The van der Waals surface area contributed by atoms with Crippen LogP contribution in [0.4, 0.5) is 5.69 Å². The van der Waals surface area contributed by atoms with E-state index in [1.165, 1.54) is 11.3 Å². The summed E-state index contributed by atoms with van der Waals surface area (Å²) in [6.07, 6.45) is 5.46. The third-order valence-electron chi connectivity index (χ3n) is 6.35. The van der Waals surface area contributed by atoms with E-state index in [0.29, 0.717) is 33.5 Å². The molecule has 0 saturated heterocycles. The Morgan fingerprint density at radius 3 is 2.50 bits per heavy atom. The predicted molar refractivity (Wildman–Crippen MR) is 142 cm³/mol. The molecule has 2 amide bonds. The van der Waals surface area contributed by atoms with Gasteiger partial charge in [-0.1, -0.05) is 35.6 Å². The van der Waals surface area contributed by atoms with E-state index in [1.54, 1.807) is 24.4 Å². The third-order valence-corrected chi connectivity index (χ3v) is 7.45. The Morgan fingerprint density at radius 2 is 1.74 bits per heavy atom. The number of aryl methyl sites for hydroxylation is 1. The number of hydrogen-bond donors (Lipinski definition) is 1. The number of thiazole rings is 1. The van der Waals surface area contributed by atoms with Crippen molar-refractivity contribution in [1.82, 2.24) is 9.58 Å². The number of para-hydroxylation sites is 1. The minimum absolute atomic E-state index is 0. The summed E-state index contributed by atoms with van der Waals surface area (Å²) in [6, 6.07) is 20.6. The van der Waals surface area contributed by atoms with Crippen LogP contribution < -0.4 is 26.3 Å². The smallest absolute Gasteiger partial charge is 0.282 e. The summed E-state index contributed by atoms with van der Waals surface area (Å²) < 4.78 is 4.77. The number of carbonyl (C=O) groups is 2. The van der Waals surface area contributed by atoms with Crippen molar-refractivity contribution >= 4 is 56.0 Å². The van der Waals surface area contributed by atoms with Crippen molar-refractivity contribution in [2.75, 3.05) is 6.61 Å². The van der Waals surface area contributed by atoms with Gasteiger partial charge in [-0.3, -0.25) is 14.6 Å². The zero-order valence-electron chi connectivity index (χ0n) is 20.3. The highest BCUT2D eigenvalue weighted by molar-refractivity contribution is 7.16. The summed E-state index contributed by atoms with van der Waals surface area (Å²) in [7, 11) is 1.87. The molecule has 0 bridgehead atoms. The molecule has 0 saturated carbocycles. The first kappa shape index (κ1) is 25.7. The summed E-state index contributed by atoms with van der Waals surface area (Å²) in [4.78, 5) is 32.1. The lowest BCUT2D eigenvalue weighted by Crippen LogP contribution is -3.00. The van der Waals surface area contributed by atoms with Crippen LogP contribution in [0.1, 0.15) is 26.3 Å². The van der Waals surface area contributed by atoms with Crippen LogP contribution in [-0.2, 0) is 13.6 Å². The van der Waals surface area contributed by atoms with Gasteiger partial charge in [0.2, 0.25) is 4.80 Å². The molecule has 0 radical (unpaired) electrons. The Morgan fingerprint density at radius 1 is 0.974 bits per heavy atom. The number of amides is 2. The van der Waals surface area contributed by atoms with Gasteiger partial charge in [0.05, 0.1) is 27.0 Å². The lowest BCUT2D eigenvalue weighted by atomic mass is 9.94. The summed E-state index contributed by atoms with van der Waals surface area (Å²) >= 11 is 1.42. The van der Waals surface area contributed by atoms with Gasteiger partial charge in [0.1, 0.15) is 6.61 Å². The fraction of sp³-hybridized carbons (Fsp3) is 0.107. The molecule has 1 N–H and O–H groups in total. The summed E-state index contributed by atoms with van der Waals surface area (Å²) in [6.45, 7) is 0.594. The van der Waals surface area contributed by atoms with Crippen LogP contribution in [-0.4, -0.2) is 39.3 Å². The van der Waals surface area contributed by atoms with Gasteiger partial charge in [-0.05, 0) is 35.7 Å². The van der Waals surface area contributed by atoms with Gasteiger partial charge in [-0.25, -0.2) is 4.57 Å². The van der Waals surface area contributed by atoms with E-state index >= 15 is 0 Å². The van der Waals surface area contributed by atoms with Crippen molar-refractivity contribution in [3.8, 4) is 0 Å². The largest absolute Gasteiger partial charge is 1.00 e. The van der Waals surface area contributed by atoms with Crippen molar-refractivity contribution in [2.24, 2.45) is 17.1 Å². The van der Waals surface area contributed by atoms with Crippen molar-refractivity contribution in [2.45, 2.75) is 6.54 Å². The van der Waals surface area contributed by atoms with Gasteiger partial charge >= 0.3 is 0 Å². The Hall–Kier alpha value is -3.99. The van der Waals surface area contributed by atoms with Crippen LogP contribution in [0.2, 0.25) is 0 Å². The molecule has 0 atom stereocenters. The maximum atomic E-state index is 13.6. The van der Waals surface area contributed by atoms with Crippen LogP contribution in [0, 0.1) is 0 Å². The minimum Gasteiger partial charge on any atom is -1.00 e. The second-order valence-electron chi connectivity index (χ2n) is 8.68. The highest BCUT2D eigenvalue weighted by Crippen LogP contribution is 2.34. The average molecular weight is 588 g/mol. The first-order chi connectivity index (χ1) is 18.0. The fourth-order valence-electron chi connectivity index (χ4n) is 4.48. The number of aliphatic imine (C=N–C) groups is 1. The van der Waals surface area contributed by atoms with Crippen molar-refractivity contribution in [3.05, 3.63) is 101 Å². The number of hydrogen-bond acceptors (Lipinski definition) is 6. The monoisotopic (exact) mass is 587 g/mol. The molecule has 0 fully saturated rings. The van der Waals surface area contributed by atoms with E-state index in [1.807, 2.05) is 77.1 Å². The predicted octanol–water partition coefficient (Wildman–Crippen LogP) is 0.539. The van der Waals surface area contributed by atoms with Gasteiger partial charge in [0.25, 0.3) is 11.8 Å². The Kier molecular flexibility index (Phi) is 7.02. The Labute approximate surface area is 232 Å². The molecule has 1 aliphatic rings. The topological polar surface area (TPSA) is 91.1 Å². The third kappa shape index (κ3) is 4.47. The quantitative estimate of drug-likeness (QED) is 0.185. The van der Waals surface area contributed by atoms with E-state index in [2.05, 4.69) is 10.1 Å². The van der Waals surface area contributed by atoms with E-state index in [9.17, 15) is 9.59 Å². The molecule has 0 spiro atoms. The second kappa shape index (κ2) is 10.4. The van der Waals surface area contributed by atoms with Crippen LogP contribution in [0.25, 0.3) is 21.0 Å². The molecular formula is C28H22BrN5O3S. The van der Waals surface area contributed by atoms with E-state index < -0.39 is 11.8 Å². The zero-order valence-corrected chi connectivity index (χ0v) is 22.7. The lowest BCUT2D eigenvalue weighted by molar-refractivity contribution is -0.698. The molecule has 1 aliphatic heterocycles. The van der Waals surface area contributed by atoms with Crippen molar-refractivity contribution in [3.63, 3.8) is 0 Å². The van der Waals surface area contributed by atoms with Gasteiger partial charge in [0, 0.05) is 36.3 Å². The highest BCUT2D eigenvalue weighted by Gasteiger charge is 2.33. The van der Waals surface area contributed by atoms with Gasteiger partial charge in [-0.15, -0.1) is 5.10 Å². The Balaban J connectivity index is 0.00000294. The molecule has 8 nitrogen and oxygen atoms in total. The van der Waals surface area contributed by atoms with E-state index in [4.69, 9.17) is 5.11 Å². The average Bonchev–Trinajstić information content (AvgIpc) is 3.24. The van der Waals surface area contributed by atoms with Crippen LogP contribution >= 0.6 is 11.3 Å². The molecule has 3 heterocycles. The number of aliphatic hydroxyl groups excluding tert-OH is 1. The minimum atomic E-state index is -0.479. The summed E-state index contributed by atoms with van der Waals surface area (Å²) in [5.74, 6) is -0.926. The molecule has 0 unspecified atom stereocenters. The highest BCUT2D eigenvalue weighted by atomic mass is 79.9. The Bertz CT molecular complexity index is 1810. The number of halogens is 1. The maximum absolute atomic E-state index is 13.6. The van der Waals surface area contributed by atoms with E-state index in [-0.39, 0.29) is 23.6 Å². The number of fused-ring (bicyclic) bond motifs is 1. The molecular weight excluding hydrogens is 566 g/mol. The zero-order chi connectivity index (χ0) is 25.5. The molecule has 10 heteroatoms. The standard InChI is InChI=1S/C28H22N5O3S.BrH/c1-31-23-7-2-3-8-24(23)37-28(31)30-33-26(35)21-6-4-5-19-15-20(16-22(25(19)21)27(33)36)29-17-18-9-11-32(12-10-18)13-14-34;/h2-12,15-17,34H,13-14H2,1H3;1H/q+1;/p-1. The number of rotatable bonds is 5. The molecule has 38 heavy (non-hydrogen) atoms. The molecule has 3 aromatic carbocycles. The number of benzene rings is 3. The molecule has 6 rings (SSSR count). The summed E-state index contributed by atoms with van der Waals surface area (Å²) in [5, 5.41) is 15.9. The molecule has 2 aromatic heterocycles. The second-order valence-corrected chi connectivity index (χ2v) is 9.69. The van der Waals surface area contributed by atoms with Crippen molar-refractivity contribution in [1.29, 1.82) is 0 Å². The number of imide groups is 1. The first-order valence-electron chi connectivity index (χ1n) is 11.7. The van der Waals surface area contributed by atoms with Gasteiger partial charge < -0.3 is 26.7 Å². The van der Waals surface area contributed by atoms with E-state index in [0.717, 1.165) is 26.2 Å². The van der Waals surface area contributed by atoms with Crippen molar-refractivity contribution < 1.29 is 36.2 Å². The van der Waals surface area contributed by atoms with Gasteiger partial charge in [-0.2, -0.15) is 5.01 Å². The summed E-state index contributed by atoms with van der Waals surface area (Å²) in [5.41, 5.74) is 3.28. The van der Waals surface area contributed by atoms with Crippen LogP contribution in [0.3, 0.4) is 0 Å². The normalized spacial score (nSPS) is 13.6. The van der Waals surface area contributed by atoms with Crippen LogP contribution in [0.5, 0.6) is 0 Å². The number of nitrogens with zero attached hydrogens (tertiary/aromatic N) is 5. The first-order valence-corrected chi connectivity index (χ1v) is 12.5. The van der Waals surface area contributed by atoms with Gasteiger partial charge in [0.15, 0.2) is 18.9 Å². The number of aliphatic hydroxyl groups is 1. The number of carbonyl (C=O) groups excluding carboxylic acids is 2. The fourth-order valence-corrected chi connectivity index (χ4v) is 5.49. The molecule has 0 aliphatic carbocycles. The van der Waals surface area contributed by atoms with Crippen LogP contribution in [0.15, 0.2) is 89.2 Å². The number of pyridine rings is 1. The molecule has 190 valence electrons. The lowest BCUT2D eigenvalue weighted by Gasteiger charge is -2.23. The SMILES string of the molecule is Cn1c(=NN2C(=O)c3cccc4cc(N=Cc5cc[n+](CCO)cc5)cc(c34)C2=O)sc2ccccc21.[Br-]. The number of aromatic nitrogens is 2.